The van der Waals surface area contributed by atoms with Crippen molar-refractivity contribution >= 4 is 29.8 Å². The van der Waals surface area contributed by atoms with Gasteiger partial charge in [-0.25, -0.2) is 0 Å². The average molecular weight is 1040 g/mol. The highest BCUT2D eigenvalue weighted by Gasteiger charge is 2.66. The first-order valence-corrected chi connectivity index (χ1v) is 29.5. The van der Waals surface area contributed by atoms with E-state index in [4.69, 9.17) is 23.7 Å². The fraction of sp³-hybridized carbons (Fsp3) is 0.919. The van der Waals surface area contributed by atoms with Crippen LogP contribution < -0.4 is 0 Å². The standard InChI is InChI=1S/C16H26O4.C16H28O2.C16H30O2.C14H20O4/c1-4-13(2,3)12(17)20-16-7-11-5-14(18,9-16)8-15(19,6-11)10-16;1-6-15(2,3)14(17)18-16(4,5)13-10-11-7-8-12(13)9-11;1-7-15(3,4)14(17)18-16(5,6)13-10-8-12(2)9-11-13;1-4-14(2,3)13(16)18-10-7-5-8-9(6-7)12(15)17-11(8)10/h11,18-19H,4-10H2,1-3H3;11-13H,6-10H2,1-5H3;12-13H,7-11H2,1-6H3;7-11H,4-6H2,1-3H3. The summed E-state index contributed by atoms with van der Waals surface area (Å²) < 4.78 is 28.6. The van der Waals surface area contributed by atoms with E-state index >= 15 is 0 Å². The monoisotopic (exact) mass is 1040 g/mol. The van der Waals surface area contributed by atoms with Gasteiger partial charge in [0, 0.05) is 37.0 Å². The molecule has 2 N–H and O–H groups in total. The van der Waals surface area contributed by atoms with Crippen LogP contribution >= 0.6 is 0 Å². The number of esters is 5. The van der Waals surface area contributed by atoms with Crippen LogP contribution in [0.3, 0.4) is 0 Å². The third-order valence-corrected chi connectivity index (χ3v) is 21.0. The minimum atomic E-state index is -0.842. The molecule has 10 unspecified atom stereocenters. The molecular formula is C62H104O12. The van der Waals surface area contributed by atoms with E-state index in [1.165, 1.54) is 51.4 Å². The van der Waals surface area contributed by atoms with Crippen molar-refractivity contribution in [3.05, 3.63) is 0 Å². The van der Waals surface area contributed by atoms with E-state index < -0.39 is 27.6 Å². The van der Waals surface area contributed by atoms with Crippen LogP contribution in [-0.4, -0.2) is 80.3 Å². The van der Waals surface area contributed by atoms with E-state index in [2.05, 4.69) is 34.6 Å². The molecule has 0 aromatic carbocycles. The summed E-state index contributed by atoms with van der Waals surface area (Å²) in [6.07, 6.45) is 18.5. The molecule has 1 aliphatic heterocycles. The third kappa shape index (κ3) is 13.2. The molecule has 1 heterocycles. The maximum absolute atomic E-state index is 12.4. The molecule has 10 fully saturated rings. The molecule has 424 valence electrons. The highest BCUT2D eigenvalue weighted by molar-refractivity contribution is 5.79. The van der Waals surface area contributed by atoms with Crippen LogP contribution in [0.15, 0.2) is 0 Å². The maximum atomic E-state index is 12.4. The Kier molecular flexibility index (Phi) is 17.8. The lowest BCUT2D eigenvalue weighted by Crippen LogP contribution is -2.67. The Labute approximate surface area is 447 Å². The predicted molar refractivity (Wildman–Crippen MR) is 286 cm³/mol. The van der Waals surface area contributed by atoms with Crippen molar-refractivity contribution in [2.45, 2.75) is 286 Å². The number of hydrogen-bond donors (Lipinski definition) is 2. The zero-order chi connectivity index (χ0) is 55.4. The van der Waals surface area contributed by atoms with Crippen LogP contribution in [0.2, 0.25) is 0 Å². The normalized spacial score (nSPS) is 36.6. The lowest BCUT2D eigenvalue weighted by Gasteiger charge is -2.62. The number of rotatable bonds is 14. The van der Waals surface area contributed by atoms with Gasteiger partial charge in [0.15, 0.2) is 0 Å². The Bertz CT molecular complexity index is 2000. The highest BCUT2D eigenvalue weighted by Crippen LogP contribution is 2.61. The van der Waals surface area contributed by atoms with Crippen LogP contribution in [0.1, 0.15) is 246 Å². The van der Waals surface area contributed by atoms with Gasteiger partial charge in [0.25, 0.3) is 0 Å². The Morgan fingerprint density at radius 2 is 1.07 bits per heavy atom. The summed E-state index contributed by atoms with van der Waals surface area (Å²) in [5.74, 6) is 4.08. The zero-order valence-corrected chi connectivity index (χ0v) is 49.5. The number of carbonyl (C=O) groups is 5. The Morgan fingerprint density at radius 1 is 0.568 bits per heavy atom. The minimum absolute atomic E-state index is 0.0298. The Hall–Kier alpha value is -2.73. The first-order valence-electron chi connectivity index (χ1n) is 29.5. The summed E-state index contributed by atoms with van der Waals surface area (Å²) >= 11 is 0. The van der Waals surface area contributed by atoms with E-state index in [1.54, 1.807) is 0 Å². The molecule has 12 heteroatoms. The highest BCUT2D eigenvalue weighted by atomic mass is 16.6. The summed E-state index contributed by atoms with van der Waals surface area (Å²) in [6, 6.07) is 0. The molecule has 9 aliphatic carbocycles. The predicted octanol–water partition coefficient (Wildman–Crippen LogP) is 12.8. The molecule has 12 nitrogen and oxygen atoms in total. The molecule has 8 bridgehead atoms. The average Bonchev–Trinajstić information content (AvgIpc) is 4.14. The van der Waals surface area contributed by atoms with Crippen LogP contribution in [-0.2, 0) is 47.7 Å². The summed E-state index contributed by atoms with van der Waals surface area (Å²) in [5, 5.41) is 21.3. The number of aliphatic hydroxyl groups is 2. The summed E-state index contributed by atoms with van der Waals surface area (Å²) in [4.78, 5) is 60.6. The quantitative estimate of drug-likeness (QED) is 0.125. The minimum Gasteiger partial charge on any atom is -0.459 e. The van der Waals surface area contributed by atoms with Gasteiger partial charge in [0.2, 0.25) is 0 Å². The molecule has 0 aromatic rings. The number of carbonyl (C=O) groups excluding carboxylic acids is 5. The van der Waals surface area contributed by atoms with Crippen molar-refractivity contribution in [2.75, 3.05) is 0 Å². The molecular weight excluding hydrogens is 937 g/mol. The van der Waals surface area contributed by atoms with Gasteiger partial charge in [0.05, 0.1) is 38.8 Å². The van der Waals surface area contributed by atoms with E-state index in [9.17, 15) is 34.2 Å². The second-order valence-corrected chi connectivity index (χ2v) is 29.5. The van der Waals surface area contributed by atoms with Crippen molar-refractivity contribution in [3.63, 3.8) is 0 Å². The first kappa shape index (κ1) is 60.5. The second-order valence-electron chi connectivity index (χ2n) is 29.5. The topological polar surface area (TPSA) is 172 Å². The van der Waals surface area contributed by atoms with Gasteiger partial charge >= 0.3 is 29.8 Å². The molecule has 1 saturated heterocycles. The third-order valence-electron chi connectivity index (χ3n) is 21.0. The van der Waals surface area contributed by atoms with E-state index in [0.29, 0.717) is 42.9 Å². The van der Waals surface area contributed by atoms with E-state index in [-0.39, 0.29) is 75.9 Å². The Balaban J connectivity index is 0.000000161. The van der Waals surface area contributed by atoms with E-state index in [1.807, 2.05) is 83.1 Å². The second kappa shape index (κ2) is 21.8. The van der Waals surface area contributed by atoms with Crippen LogP contribution in [0, 0.1) is 74.9 Å². The largest absolute Gasteiger partial charge is 0.459 e. The van der Waals surface area contributed by atoms with Crippen molar-refractivity contribution in [1.82, 2.24) is 0 Å². The molecule has 74 heavy (non-hydrogen) atoms. The van der Waals surface area contributed by atoms with Crippen molar-refractivity contribution in [1.29, 1.82) is 0 Å². The van der Waals surface area contributed by atoms with Crippen molar-refractivity contribution < 1.29 is 57.9 Å². The lowest BCUT2D eigenvalue weighted by atomic mass is 9.50. The van der Waals surface area contributed by atoms with Gasteiger partial charge in [-0.15, -0.1) is 0 Å². The smallest absolute Gasteiger partial charge is 0.312 e. The van der Waals surface area contributed by atoms with E-state index in [0.717, 1.165) is 75.5 Å². The van der Waals surface area contributed by atoms with Gasteiger partial charge in [0.1, 0.15) is 29.0 Å². The molecule has 0 aromatic heterocycles. The molecule has 9 saturated carbocycles. The summed E-state index contributed by atoms with van der Waals surface area (Å²) in [5.41, 5.74) is -4.61. The fourth-order valence-electron chi connectivity index (χ4n) is 14.6. The molecule has 10 atom stereocenters. The van der Waals surface area contributed by atoms with Gasteiger partial charge in [-0.1, -0.05) is 53.9 Å². The van der Waals surface area contributed by atoms with Crippen molar-refractivity contribution in [2.24, 2.45) is 74.9 Å². The van der Waals surface area contributed by atoms with Crippen LogP contribution in [0.25, 0.3) is 0 Å². The molecule has 0 spiro atoms. The van der Waals surface area contributed by atoms with Gasteiger partial charge in [-0.2, -0.15) is 0 Å². The van der Waals surface area contributed by atoms with Gasteiger partial charge < -0.3 is 33.9 Å². The maximum Gasteiger partial charge on any atom is 0.312 e. The van der Waals surface area contributed by atoms with Gasteiger partial charge in [-0.3, -0.25) is 24.0 Å². The zero-order valence-electron chi connectivity index (χ0n) is 49.5. The van der Waals surface area contributed by atoms with Crippen LogP contribution in [0.5, 0.6) is 0 Å². The molecule has 10 aliphatic rings. The SMILES string of the molecule is CCC(C)(C)C(=O)OC(C)(C)C1CC2CCC1C2.CCC(C)(C)C(=O)OC(C)(C)C1CCC(C)CC1.CCC(C)(C)C(=O)OC12CC3CC(O)(CC(O)(C3)C1)C2.CCC(C)(C)C(=O)OC1C2CC3C(=O)OC1C3C2. The lowest BCUT2D eigenvalue weighted by molar-refractivity contribution is -0.264. The fourth-order valence-corrected chi connectivity index (χ4v) is 14.6. The number of ether oxygens (including phenoxy) is 5. The summed E-state index contributed by atoms with van der Waals surface area (Å²) in [7, 11) is 0. The van der Waals surface area contributed by atoms with Crippen molar-refractivity contribution in [3.8, 4) is 0 Å². The van der Waals surface area contributed by atoms with Gasteiger partial charge in [-0.05, 0) is 203 Å². The molecule has 0 radical (unpaired) electrons. The number of hydrogen-bond acceptors (Lipinski definition) is 12. The Morgan fingerprint density at radius 3 is 1.54 bits per heavy atom. The first-order chi connectivity index (χ1) is 34.0. The molecule has 10 rings (SSSR count). The summed E-state index contributed by atoms with van der Waals surface area (Å²) in [6.45, 7) is 34.2. The molecule has 0 amide bonds. The van der Waals surface area contributed by atoms with Crippen LogP contribution in [0.4, 0.5) is 0 Å². The number of fused-ring (bicyclic) bond motifs is 3.